The number of benzene rings is 2. The van der Waals surface area contributed by atoms with E-state index in [2.05, 4.69) is 23.2 Å². The number of nitrogens with one attached hydrogen (secondary N) is 1. The van der Waals surface area contributed by atoms with Gasteiger partial charge in [0.15, 0.2) is 23.0 Å². The summed E-state index contributed by atoms with van der Waals surface area (Å²) in [4.78, 5) is 15.2. The Kier molecular flexibility index (Phi) is 5.67. The molecule has 0 radical (unpaired) electrons. The van der Waals surface area contributed by atoms with Crippen LogP contribution >= 0.6 is 0 Å². The molecular weight excluding hydrogens is 404 g/mol. The van der Waals surface area contributed by atoms with Gasteiger partial charge in [-0.25, -0.2) is 0 Å². The van der Waals surface area contributed by atoms with Crippen LogP contribution in [0.15, 0.2) is 48.2 Å². The fourth-order valence-corrected chi connectivity index (χ4v) is 5.76. The van der Waals surface area contributed by atoms with Gasteiger partial charge < -0.3 is 25.2 Å². The summed E-state index contributed by atoms with van der Waals surface area (Å²) in [5.41, 5.74) is 3.05. The number of methoxy groups -OCH3 is 1. The zero-order valence-electron chi connectivity index (χ0n) is 19.3. The summed E-state index contributed by atoms with van der Waals surface area (Å²) in [5.74, 6) is -0.130. The minimum atomic E-state index is -0.643. The van der Waals surface area contributed by atoms with Gasteiger partial charge in [0.25, 0.3) is 0 Å². The minimum Gasteiger partial charge on any atom is -0.504 e. The lowest BCUT2D eigenvalue weighted by molar-refractivity contribution is -0.121. The number of allylic oxidation sites excluding steroid dienone is 1. The van der Waals surface area contributed by atoms with Gasteiger partial charge in [-0.1, -0.05) is 31.2 Å². The number of fused-ring (bicyclic) bond motifs is 3. The van der Waals surface area contributed by atoms with Gasteiger partial charge in [0.1, 0.15) is 0 Å². The van der Waals surface area contributed by atoms with Crippen molar-refractivity contribution < 1.29 is 19.7 Å². The third-order valence-corrected chi connectivity index (χ3v) is 7.35. The van der Waals surface area contributed by atoms with Crippen molar-refractivity contribution in [3.05, 3.63) is 64.9 Å². The molecule has 3 N–H and O–H groups in total. The first-order valence-corrected chi connectivity index (χ1v) is 11.1. The van der Waals surface area contributed by atoms with Crippen molar-refractivity contribution in [3.8, 4) is 11.5 Å². The van der Waals surface area contributed by atoms with E-state index < -0.39 is 5.41 Å². The van der Waals surface area contributed by atoms with E-state index in [1.807, 2.05) is 51.4 Å². The zero-order chi connectivity index (χ0) is 23.2. The second-order valence-electron chi connectivity index (χ2n) is 9.16. The molecule has 4 rings (SSSR count). The van der Waals surface area contributed by atoms with E-state index in [1.54, 1.807) is 0 Å². The minimum absolute atomic E-state index is 0.0238. The first kappa shape index (κ1) is 22.2. The molecule has 2 aliphatic rings. The number of phenolic OH excluding ortho intramolecular Hbond substituents is 2. The molecule has 0 saturated heterocycles. The monoisotopic (exact) mass is 436 g/mol. The molecule has 0 aliphatic heterocycles. The number of rotatable bonds is 5. The molecular formula is C26H32N2O4. The van der Waals surface area contributed by atoms with Crippen LogP contribution in [0.4, 0.5) is 5.69 Å². The lowest BCUT2D eigenvalue weighted by Crippen LogP contribution is -2.57. The molecule has 0 heterocycles. The number of hydrogen-bond acceptors (Lipinski definition) is 6. The normalized spacial score (nSPS) is 26.9. The highest BCUT2D eigenvalue weighted by atomic mass is 16.5. The molecule has 0 bridgehead atoms. The number of phenols is 2. The summed E-state index contributed by atoms with van der Waals surface area (Å²) in [7, 11) is 5.61. The van der Waals surface area contributed by atoms with Crippen molar-refractivity contribution in [2.75, 3.05) is 26.5 Å². The highest BCUT2D eigenvalue weighted by Crippen LogP contribution is 2.58. The van der Waals surface area contributed by atoms with Gasteiger partial charge in [-0.2, -0.15) is 0 Å². The lowest BCUT2D eigenvalue weighted by Gasteiger charge is -2.54. The van der Waals surface area contributed by atoms with E-state index in [9.17, 15) is 15.0 Å². The number of likely N-dealkylation sites (N-methyl/N-ethyl adjacent to an activating group) is 1. The molecule has 0 saturated carbocycles. The fourth-order valence-electron chi connectivity index (χ4n) is 5.76. The van der Waals surface area contributed by atoms with Crippen LogP contribution in [0.2, 0.25) is 0 Å². The van der Waals surface area contributed by atoms with Crippen LogP contribution in [0.3, 0.4) is 0 Å². The molecule has 0 aromatic heterocycles. The SMILES string of the molecule is CC[C@@]12CC(=O)C(OC)=CC1[C@@H](N(C)C)[C@H](Nc1ccccc1C)c1ccc(O)c(O)c12. The van der Waals surface area contributed by atoms with Crippen LogP contribution < -0.4 is 5.32 Å². The first-order chi connectivity index (χ1) is 15.2. The maximum atomic E-state index is 13.0. The van der Waals surface area contributed by atoms with Crippen molar-refractivity contribution >= 4 is 11.5 Å². The number of carbonyl (C=O) groups is 1. The quantitative estimate of drug-likeness (QED) is 0.608. The largest absolute Gasteiger partial charge is 0.504 e. The molecule has 0 fully saturated rings. The molecule has 6 heteroatoms. The predicted octanol–water partition coefficient (Wildman–Crippen LogP) is 4.27. The van der Waals surface area contributed by atoms with E-state index in [0.717, 1.165) is 16.8 Å². The third-order valence-electron chi connectivity index (χ3n) is 7.35. The number of carbonyl (C=O) groups excluding carboxylic acids is 1. The summed E-state index contributed by atoms with van der Waals surface area (Å²) in [5, 5.41) is 25.2. The van der Waals surface area contributed by atoms with E-state index in [1.165, 1.54) is 13.2 Å². The Hall–Kier alpha value is -2.99. The molecule has 2 aromatic rings. The van der Waals surface area contributed by atoms with E-state index in [-0.39, 0.29) is 41.7 Å². The number of hydrogen-bond donors (Lipinski definition) is 3. The van der Waals surface area contributed by atoms with Gasteiger partial charge in [0, 0.05) is 35.0 Å². The van der Waals surface area contributed by atoms with Crippen molar-refractivity contribution in [1.29, 1.82) is 0 Å². The molecule has 6 nitrogen and oxygen atoms in total. The summed E-state index contributed by atoms with van der Waals surface area (Å²) < 4.78 is 5.45. The van der Waals surface area contributed by atoms with Crippen LogP contribution in [0.1, 0.15) is 42.5 Å². The second-order valence-corrected chi connectivity index (χ2v) is 9.16. The maximum absolute atomic E-state index is 13.0. The molecule has 0 amide bonds. The molecule has 2 aliphatic carbocycles. The van der Waals surface area contributed by atoms with Crippen molar-refractivity contribution in [1.82, 2.24) is 4.90 Å². The maximum Gasteiger partial charge on any atom is 0.197 e. The number of aryl methyl sites for hydroxylation is 1. The Bertz CT molecular complexity index is 1080. The van der Waals surface area contributed by atoms with E-state index in [4.69, 9.17) is 4.74 Å². The van der Waals surface area contributed by atoms with Crippen LogP contribution in [0.25, 0.3) is 0 Å². The third kappa shape index (κ3) is 3.25. The highest BCUT2D eigenvalue weighted by Gasteiger charge is 2.56. The fraction of sp³-hybridized carbons (Fsp3) is 0.423. The molecule has 1 unspecified atom stereocenters. The van der Waals surface area contributed by atoms with Crippen molar-refractivity contribution in [2.45, 2.75) is 44.2 Å². The average molecular weight is 437 g/mol. The summed E-state index contributed by atoms with van der Waals surface area (Å²) in [6.45, 7) is 4.10. The van der Waals surface area contributed by atoms with Crippen molar-refractivity contribution in [2.24, 2.45) is 5.92 Å². The summed E-state index contributed by atoms with van der Waals surface area (Å²) >= 11 is 0. The molecule has 0 spiro atoms. The molecule has 2 aromatic carbocycles. The van der Waals surface area contributed by atoms with Gasteiger partial charge in [-0.15, -0.1) is 0 Å². The Morgan fingerprint density at radius 3 is 2.53 bits per heavy atom. The number of Topliss-reactive ketones (excluding diaryl/α,β-unsaturated/α-hetero) is 1. The van der Waals surface area contributed by atoms with Crippen LogP contribution in [-0.4, -0.2) is 48.1 Å². The number of para-hydroxylation sites is 1. The van der Waals surface area contributed by atoms with Crippen molar-refractivity contribution in [3.63, 3.8) is 0 Å². The second kappa shape index (κ2) is 8.17. The highest BCUT2D eigenvalue weighted by molar-refractivity contribution is 5.96. The molecule has 32 heavy (non-hydrogen) atoms. The lowest BCUT2D eigenvalue weighted by atomic mass is 9.54. The number of ether oxygens (including phenoxy) is 1. The molecule has 4 atom stereocenters. The Balaban J connectivity index is 2.01. The molecule has 170 valence electrons. The Labute approximate surface area is 189 Å². The van der Waals surface area contributed by atoms with Crippen LogP contribution in [-0.2, 0) is 14.9 Å². The Morgan fingerprint density at radius 1 is 1.19 bits per heavy atom. The summed E-state index contributed by atoms with van der Waals surface area (Å²) in [6.07, 6.45) is 2.79. The van der Waals surface area contributed by atoms with Gasteiger partial charge in [-0.3, -0.25) is 4.79 Å². The van der Waals surface area contributed by atoms with Gasteiger partial charge >= 0.3 is 0 Å². The zero-order valence-corrected chi connectivity index (χ0v) is 19.3. The summed E-state index contributed by atoms with van der Waals surface area (Å²) in [6, 6.07) is 11.3. The van der Waals surface area contributed by atoms with Gasteiger partial charge in [-0.05, 0) is 56.8 Å². The number of anilines is 1. The van der Waals surface area contributed by atoms with E-state index in [0.29, 0.717) is 17.7 Å². The smallest absolute Gasteiger partial charge is 0.197 e. The Morgan fingerprint density at radius 2 is 1.91 bits per heavy atom. The van der Waals surface area contributed by atoms with Gasteiger partial charge in [0.05, 0.1) is 13.2 Å². The van der Waals surface area contributed by atoms with Crippen LogP contribution in [0, 0.1) is 12.8 Å². The predicted molar refractivity (Wildman–Crippen MR) is 125 cm³/mol. The number of nitrogens with zero attached hydrogens (tertiary/aromatic N) is 1. The standard InChI is InChI=1S/C26H32N2O4/c1-6-26-14-20(30)21(32-5)13-17(26)24(28(3)4)23(27-18-10-8-7-9-15(18)2)16-11-12-19(29)25(31)22(16)26/h7-13,17,23-24,27,29,31H,6,14H2,1-5H3/t17?,23-,24-,26-/m1/s1. The van der Waals surface area contributed by atoms with Gasteiger partial charge in [0.2, 0.25) is 0 Å². The number of ketones is 1. The topological polar surface area (TPSA) is 82.0 Å². The first-order valence-electron chi connectivity index (χ1n) is 11.1. The average Bonchev–Trinajstić information content (AvgIpc) is 2.76. The number of aromatic hydroxyl groups is 2. The van der Waals surface area contributed by atoms with E-state index >= 15 is 0 Å². The van der Waals surface area contributed by atoms with Crippen LogP contribution in [0.5, 0.6) is 11.5 Å².